The monoisotopic (exact) mass is 311 g/mol. The lowest BCUT2D eigenvalue weighted by atomic mass is 10.2. The topological polar surface area (TPSA) is 71.5 Å². The number of rotatable bonds is 4. The molecule has 2 aromatic rings. The molecule has 23 heavy (non-hydrogen) atoms. The van der Waals surface area contributed by atoms with Crippen molar-refractivity contribution in [2.45, 2.75) is 13.3 Å². The van der Waals surface area contributed by atoms with E-state index in [9.17, 15) is 9.59 Å². The molecule has 3 rings (SSSR count). The van der Waals surface area contributed by atoms with E-state index in [0.717, 1.165) is 6.42 Å². The molecule has 0 saturated heterocycles. The summed E-state index contributed by atoms with van der Waals surface area (Å²) in [5.41, 5.74) is 1.77. The summed E-state index contributed by atoms with van der Waals surface area (Å²) >= 11 is 0. The summed E-state index contributed by atoms with van der Waals surface area (Å²) in [5.74, 6) is 0.329. The second kappa shape index (κ2) is 6.48. The zero-order chi connectivity index (χ0) is 16.2. The van der Waals surface area contributed by atoms with E-state index in [1.165, 1.54) is 6.20 Å². The number of nitrogens with zero attached hydrogens (tertiary/aromatic N) is 2. The summed E-state index contributed by atoms with van der Waals surface area (Å²) in [6, 6.07) is 8.68. The maximum Gasteiger partial charge on any atom is 0.265 e. The Kier molecular flexibility index (Phi) is 4.23. The number of pyridine rings is 1. The highest BCUT2D eigenvalue weighted by Gasteiger charge is 2.25. The van der Waals surface area contributed by atoms with Crippen LogP contribution in [0.1, 0.15) is 23.7 Å². The number of fused-ring (bicyclic) bond motifs is 1. The molecule has 0 fully saturated rings. The van der Waals surface area contributed by atoms with Gasteiger partial charge in [-0.25, -0.2) is 0 Å². The van der Waals surface area contributed by atoms with Crippen molar-refractivity contribution in [3.63, 3.8) is 0 Å². The zero-order valence-electron chi connectivity index (χ0n) is 12.8. The molecule has 0 aliphatic carbocycles. The van der Waals surface area contributed by atoms with Crippen LogP contribution in [0.3, 0.4) is 0 Å². The Morgan fingerprint density at radius 1 is 1.39 bits per heavy atom. The van der Waals surface area contributed by atoms with Gasteiger partial charge in [-0.15, -0.1) is 0 Å². The van der Waals surface area contributed by atoms with Crippen molar-refractivity contribution < 1.29 is 14.3 Å². The van der Waals surface area contributed by atoms with Gasteiger partial charge in [0.25, 0.3) is 11.8 Å². The van der Waals surface area contributed by atoms with Crippen LogP contribution >= 0.6 is 0 Å². The largest absolute Gasteiger partial charge is 0.482 e. The molecular weight excluding hydrogens is 294 g/mol. The lowest BCUT2D eigenvalue weighted by molar-refractivity contribution is -0.121. The average Bonchev–Trinajstić information content (AvgIpc) is 2.58. The molecular formula is C17H17N3O3. The average molecular weight is 311 g/mol. The fourth-order valence-electron chi connectivity index (χ4n) is 2.45. The second-order valence-corrected chi connectivity index (χ2v) is 5.21. The number of hydrogen-bond donors (Lipinski definition) is 1. The van der Waals surface area contributed by atoms with Gasteiger partial charge in [0.2, 0.25) is 0 Å². The molecule has 2 heterocycles. The van der Waals surface area contributed by atoms with E-state index >= 15 is 0 Å². The van der Waals surface area contributed by atoms with Gasteiger partial charge < -0.3 is 15.0 Å². The van der Waals surface area contributed by atoms with Crippen molar-refractivity contribution in [2.24, 2.45) is 0 Å². The number of nitrogens with one attached hydrogen (secondary N) is 1. The van der Waals surface area contributed by atoms with Gasteiger partial charge in [-0.3, -0.25) is 14.6 Å². The first-order valence-electron chi connectivity index (χ1n) is 7.47. The van der Waals surface area contributed by atoms with Crippen molar-refractivity contribution in [3.05, 3.63) is 48.3 Å². The third-order valence-corrected chi connectivity index (χ3v) is 3.53. The molecule has 0 bridgehead atoms. The minimum absolute atomic E-state index is 0.0500. The van der Waals surface area contributed by atoms with Crippen molar-refractivity contribution in [2.75, 3.05) is 23.4 Å². The van der Waals surface area contributed by atoms with Gasteiger partial charge in [0.05, 0.1) is 11.3 Å². The fourth-order valence-corrected chi connectivity index (χ4v) is 2.45. The molecule has 0 spiro atoms. The second-order valence-electron chi connectivity index (χ2n) is 5.21. The highest BCUT2D eigenvalue weighted by atomic mass is 16.5. The highest BCUT2D eigenvalue weighted by Crippen LogP contribution is 2.34. The van der Waals surface area contributed by atoms with Crippen LogP contribution in [-0.2, 0) is 4.79 Å². The van der Waals surface area contributed by atoms with E-state index in [4.69, 9.17) is 4.74 Å². The molecule has 6 nitrogen and oxygen atoms in total. The van der Waals surface area contributed by atoms with Crippen LogP contribution in [0.25, 0.3) is 0 Å². The SMILES string of the molecule is CCCN1C(=O)COc2ccc(NC(=O)c3cccnc3)cc21. The first kappa shape index (κ1) is 15.0. The summed E-state index contributed by atoms with van der Waals surface area (Å²) < 4.78 is 5.44. The van der Waals surface area contributed by atoms with Gasteiger partial charge in [0, 0.05) is 24.6 Å². The molecule has 0 radical (unpaired) electrons. The van der Waals surface area contributed by atoms with E-state index in [0.29, 0.717) is 29.2 Å². The van der Waals surface area contributed by atoms with Crippen LogP contribution < -0.4 is 15.0 Å². The lowest BCUT2D eigenvalue weighted by Gasteiger charge is -2.29. The van der Waals surface area contributed by atoms with Gasteiger partial charge >= 0.3 is 0 Å². The lowest BCUT2D eigenvalue weighted by Crippen LogP contribution is -2.39. The normalized spacial score (nSPS) is 13.3. The number of carbonyl (C=O) groups is 2. The van der Waals surface area contributed by atoms with E-state index in [1.807, 2.05) is 6.92 Å². The third-order valence-electron chi connectivity index (χ3n) is 3.53. The molecule has 1 aromatic carbocycles. The quantitative estimate of drug-likeness (QED) is 0.941. The van der Waals surface area contributed by atoms with Gasteiger partial charge in [-0.05, 0) is 36.8 Å². The molecule has 0 atom stereocenters. The molecule has 1 aromatic heterocycles. The van der Waals surface area contributed by atoms with Crippen molar-refractivity contribution in [1.82, 2.24) is 4.98 Å². The molecule has 1 aliphatic rings. The standard InChI is InChI=1S/C17H17N3O3/c1-2-8-20-14-9-13(5-6-15(14)23-11-16(20)21)19-17(22)12-4-3-7-18-10-12/h3-7,9-10H,2,8,11H2,1H3,(H,19,22). The molecule has 6 heteroatoms. The Labute approximate surface area is 134 Å². The van der Waals surface area contributed by atoms with Gasteiger partial charge in [-0.1, -0.05) is 6.92 Å². The molecule has 1 N–H and O–H groups in total. The fraction of sp³-hybridized carbons (Fsp3) is 0.235. The minimum Gasteiger partial charge on any atom is -0.482 e. The molecule has 0 unspecified atom stereocenters. The van der Waals surface area contributed by atoms with Crippen LogP contribution in [0.5, 0.6) is 5.75 Å². The van der Waals surface area contributed by atoms with Crippen molar-refractivity contribution in [3.8, 4) is 5.75 Å². The van der Waals surface area contributed by atoms with Crippen molar-refractivity contribution >= 4 is 23.2 Å². The Morgan fingerprint density at radius 3 is 3.00 bits per heavy atom. The predicted octanol–water partition coefficient (Wildman–Crippen LogP) is 2.47. The number of benzene rings is 1. The summed E-state index contributed by atoms with van der Waals surface area (Å²) in [4.78, 5) is 29.8. The summed E-state index contributed by atoms with van der Waals surface area (Å²) in [7, 11) is 0. The number of aromatic nitrogens is 1. The van der Waals surface area contributed by atoms with Crippen LogP contribution in [-0.4, -0.2) is 29.9 Å². The molecule has 2 amide bonds. The first-order valence-corrected chi connectivity index (χ1v) is 7.47. The van der Waals surface area contributed by atoms with Crippen molar-refractivity contribution in [1.29, 1.82) is 0 Å². The van der Waals surface area contributed by atoms with Crippen LogP contribution in [0.2, 0.25) is 0 Å². The Morgan fingerprint density at radius 2 is 2.26 bits per heavy atom. The highest BCUT2D eigenvalue weighted by molar-refractivity contribution is 6.05. The van der Waals surface area contributed by atoms with E-state index in [2.05, 4.69) is 10.3 Å². The summed E-state index contributed by atoms with van der Waals surface area (Å²) in [6.07, 6.45) is 3.96. The van der Waals surface area contributed by atoms with Crippen LogP contribution in [0, 0.1) is 0 Å². The number of amides is 2. The summed E-state index contributed by atoms with van der Waals surface area (Å²) in [6.45, 7) is 2.68. The third kappa shape index (κ3) is 3.15. The maximum atomic E-state index is 12.2. The molecule has 0 saturated carbocycles. The molecule has 1 aliphatic heterocycles. The Bertz CT molecular complexity index is 731. The number of anilines is 2. The van der Waals surface area contributed by atoms with Crippen LogP contribution in [0.15, 0.2) is 42.7 Å². The van der Waals surface area contributed by atoms with Gasteiger partial charge in [0.1, 0.15) is 5.75 Å². The maximum absolute atomic E-state index is 12.2. The predicted molar refractivity (Wildman–Crippen MR) is 86.8 cm³/mol. The molecule has 118 valence electrons. The van der Waals surface area contributed by atoms with Gasteiger partial charge in [0.15, 0.2) is 6.61 Å². The van der Waals surface area contributed by atoms with E-state index in [-0.39, 0.29) is 18.4 Å². The number of ether oxygens (including phenoxy) is 1. The smallest absolute Gasteiger partial charge is 0.265 e. The van der Waals surface area contributed by atoms with Gasteiger partial charge in [-0.2, -0.15) is 0 Å². The minimum atomic E-state index is -0.247. The van der Waals surface area contributed by atoms with E-state index in [1.54, 1.807) is 41.4 Å². The Balaban J connectivity index is 1.85. The first-order chi connectivity index (χ1) is 11.2. The number of hydrogen-bond acceptors (Lipinski definition) is 4. The zero-order valence-corrected chi connectivity index (χ0v) is 12.8. The number of carbonyl (C=O) groups excluding carboxylic acids is 2. The van der Waals surface area contributed by atoms with E-state index < -0.39 is 0 Å². The Hall–Kier alpha value is -2.89. The van der Waals surface area contributed by atoms with Crippen LogP contribution in [0.4, 0.5) is 11.4 Å². The summed E-state index contributed by atoms with van der Waals surface area (Å²) in [5, 5.41) is 2.81.